The van der Waals surface area contributed by atoms with Gasteiger partial charge >= 0.3 is 5.97 Å². The summed E-state index contributed by atoms with van der Waals surface area (Å²) in [6.07, 6.45) is 1.07. The molecule has 0 radical (unpaired) electrons. The molecule has 0 bridgehead atoms. The van der Waals surface area contributed by atoms with E-state index in [-0.39, 0.29) is 11.7 Å². The molecule has 4 rings (SSSR count). The Morgan fingerprint density at radius 1 is 1.06 bits per heavy atom. The molecule has 8 heteroatoms. The van der Waals surface area contributed by atoms with E-state index in [9.17, 15) is 9.59 Å². The number of allylic oxidation sites excluding steroid dienone is 3. The first kappa shape index (κ1) is 22.9. The molecule has 1 aromatic heterocycles. The number of ketones is 1. The second-order valence-corrected chi connectivity index (χ2v) is 8.96. The molecule has 0 fully saturated rings. The van der Waals surface area contributed by atoms with Gasteiger partial charge in [-0.2, -0.15) is 0 Å². The van der Waals surface area contributed by atoms with Crippen LogP contribution >= 0.6 is 11.3 Å². The summed E-state index contributed by atoms with van der Waals surface area (Å²) in [6.45, 7) is 1.83. The van der Waals surface area contributed by atoms with Crippen molar-refractivity contribution in [1.29, 1.82) is 0 Å². The van der Waals surface area contributed by atoms with Crippen molar-refractivity contribution in [2.45, 2.75) is 31.6 Å². The monoisotopic (exact) mass is 469 g/mol. The molecular formula is C25H27NO6S. The lowest BCUT2D eigenvalue weighted by molar-refractivity contribution is -0.136. The summed E-state index contributed by atoms with van der Waals surface area (Å²) in [5.74, 6) is 0.368. The second-order valence-electron chi connectivity index (χ2n) is 7.98. The first-order valence-corrected chi connectivity index (χ1v) is 11.5. The van der Waals surface area contributed by atoms with E-state index >= 15 is 0 Å². The number of benzene rings is 1. The van der Waals surface area contributed by atoms with Crippen molar-refractivity contribution in [1.82, 2.24) is 5.32 Å². The van der Waals surface area contributed by atoms with Crippen LogP contribution in [0.15, 0.2) is 52.2 Å². The number of hydrogen-bond donors (Lipinski definition) is 1. The van der Waals surface area contributed by atoms with Gasteiger partial charge in [0.15, 0.2) is 17.3 Å². The van der Waals surface area contributed by atoms with Crippen molar-refractivity contribution in [3.05, 3.63) is 62.6 Å². The second kappa shape index (κ2) is 9.31. The quantitative estimate of drug-likeness (QED) is 0.631. The zero-order valence-electron chi connectivity index (χ0n) is 19.3. The van der Waals surface area contributed by atoms with Crippen LogP contribution in [-0.2, 0) is 14.3 Å². The van der Waals surface area contributed by atoms with Crippen LogP contribution in [-0.4, -0.2) is 40.2 Å². The van der Waals surface area contributed by atoms with Gasteiger partial charge in [0, 0.05) is 40.1 Å². The molecule has 2 heterocycles. The van der Waals surface area contributed by atoms with Crippen molar-refractivity contribution < 1.29 is 28.5 Å². The highest BCUT2D eigenvalue weighted by Crippen LogP contribution is 2.49. The number of carbonyl (C=O) groups excluding carboxylic acids is 2. The van der Waals surface area contributed by atoms with Crippen LogP contribution in [0.5, 0.6) is 17.2 Å². The summed E-state index contributed by atoms with van der Waals surface area (Å²) in [5, 5.41) is 5.37. The number of esters is 1. The lowest BCUT2D eigenvalue weighted by atomic mass is 9.72. The van der Waals surface area contributed by atoms with Gasteiger partial charge in [-0.05, 0) is 42.5 Å². The van der Waals surface area contributed by atoms with Gasteiger partial charge in [0.1, 0.15) is 0 Å². The summed E-state index contributed by atoms with van der Waals surface area (Å²) in [4.78, 5) is 27.6. The van der Waals surface area contributed by atoms with Gasteiger partial charge in [0.25, 0.3) is 0 Å². The van der Waals surface area contributed by atoms with E-state index in [0.717, 1.165) is 5.70 Å². The van der Waals surface area contributed by atoms with Crippen molar-refractivity contribution in [3.63, 3.8) is 0 Å². The highest BCUT2D eigenvalue weighted by Gasteiger charge is 2.42. The highest BCUT2D eigenvalue weighted by molar-refractivity contribution is 7.10. The minimum Gasteiger partial charge on any atom is -0.493 e. The molecule has 1 aliphatic carbocycles. The fourth-order valence-corrected chi connectivity index (χ4v) is 5.58. The molecule has 1 N–H and O–H groups in total. The minimum atomic E-state index is -0.612. The Morgan fingerprint density at radius 2 is 1.76 bits per heavy atom. The fourth-order valence-electron chi connectivity index (χ4n) is 4.75. The van der Waals surface area contributed by atoms with E-state index in [2.05, 4.69) is 11.4 Å². The number of rotatable bonds is 6. The number of Topliss-reactive ketones (excluding diaryl/α,β-unsaturated/α-hetero) is 1. The Kier molecular flexibility index (Phi) is 6.47. The highest BCUT2D eigenvalue weighted by atomic mass is 32.1. The van der Waals surface area contributed by atoms with Crippen LogP contribution < -0.4 is 19.5 Å². The van der Waals surface area contributed by atoms with Crippen molar-refractivity contribution in [2.75, 3.05) is 28.4 Å². The Hall–Kier alpha value is -3.26. The van der Waals surface area contributed by atoms with Gasteiger partial charge in [0.2, 0.25) is 5.75 Å². The van der Waals surface area contributed by atoms with Crippen molar-refractivity contribution in [2.24, 2.45) is 0 Å². The van der Waals surface area contributed by atoms with E-state index in [0.29, 0.717) is 52.5 Å². The van der Waals surface area contributed by atoms with Crippen LogP contribution in [0.1, 0.15) is 42.0 Å². The predicted octanol–water partition coefficient (Wildman–Crippen LogP) is 4.31. The zero-order chi connectivity index (χ0) is 23.7. The fraction of sp³-hybridized carbons (Fsp3) is 0.360. The first-order valence-electron chi connectivity index (χ1n) is 10.6. The summed E-state index contributed by atoms with van der Waals surface area (Å²) in [7, 11) is 5.95. The van der Waals surface area contributed by atoms with Gasteiger partial charge in [-0.3, -0.25) is 4.79 Å². The SMILES string of the molecule is COC(=O)C1=C(C)NC2=C(C(=O)C[C@@H](c3cccs3)C2)[C@H]1c1cc(OC)c(OC)c(OC)c1. The number of ether oxygens (including phenoxy) is 4. The van der Waals surface area contributed by atoms with Crippen LogP contribution in [0.2, 0.25) is 0 Å². The number of carbonyl (C=O) groups is 2. The molecule has 0 amide bonds. The lowest BCUT2D eigenvalue weighted by Gasteiger charge is -2.36. The molecule has 0 unspecified atom stereocenters. The maximum Gasteiger partial charge on any atom is 0.336 e. The lowest BCUT2D eigenvalue weighted by Crippen LogP contribution is -2.35. The van der Waals surface area contributed by atoms with E-state index in [1.165, 1.54) is 33.3 Å². The molecule has 2 aliphatic rings. The predicted molar refractivity (Wildman–Crippen MR) is 125 cm³/mol. The Morgan fingerprint density at radius 3 is 2.30 bits per heavy atom. The number of methoxy groups -OCH3 is 4. The molecule has 2 atom stereocenters. The van der Waals surface area contributed by atoms with E-state index in [1.807, 2.05) is 18.4 Å². The summed E-state index contributed by atoms with van der Waals surface area (Å²) >= 11 is 1.66. The smallest absolute Gasteiger partial charge is 0.336 e. The van der Waals surface area contributed by atoms with Crippen LogP contribution in [0, 0.1) is 0 Å². The standard InChI is InChI=1S/C25H27NO6S/c1-13-21(25(28)32-5)22(15-11-18(29-2)24(31-4)19(12-15)30-3)23-16(26-13)9-14(10-17(23)27)20-7-6-8-33-20/h6-8,11-12,14,22,26H,9-10H2,1-5H3/t14-,22-/m0/s1. The molecule has 7 nitrogen and oxygen atoms in total. The van der Waals surface area contributed by atoms with Crippen LogP contribution in [0.25, 0.3) is 0 Å². The molecule has 2 aromatic rings. The Balaban J connectivity index is 1.89. The largest absolute Gasteiger partial charge is 0.493 e. The van der Waals surface area contributed by atoms with E-state index in [4.69, 9.17) is 18.9 Å². The zero-order valence-corrected chi connectivity index (χ0v) is 20.1. The maximum absolute atomic E-state index is 13.6. The van der Waals surface area contributed by atoms with Gasteiger partial charge < -0.3 is 24.3 Å². The molecular weight excluding hydrogens is 442 g/mol. The van der Waals surface area contributed by atoms with Gasteiger partial charge in [0.05, 0.1) is 34.0 Å². The van der Waals surface area contributed by atoms with Crippen LogP contribution in [0.4, 0.5) is 0 Å². The molecule has 1 aromatic carbocycles. The molecule has 33 heavy (non-hydrogen) atoms. The van der Waals surface area contributed by atoms with Crippen LogP contribution in [0.3, 0.4) is 0 Å². The summed E-state index contributed by atoms with van der Waals surface area (Å²) in [6, 6.07) is 7.64. The normalized spacial score (nSPS) is 20.2. The third-order valence-electron chi connectivity index (χ3n) is 6.20. The average Bonchev–Trinajstić information content (AvgIpc) is 3.36. The van der Waals surface area contributed by atoms with Crippen molar-refractivity contribution in [3.8, 4) is 17.2 Å². The minimum absolute atomic E-state index is 0.00908. The Bertz CT molecular complexity index is 1120. The first-order chi connectivity index (χ1) is 15.9. The third kappa shape index (κ3) is 3.99. The van der Waals surface area contributed by atoms with Crippen molar-refractivity contribution >= 4 is 23.1 Å². The van der Waals surface area contributed by atoms with E-state index in [1.54, 1.807) is 23.5 Å². The number of hydrogen-bond acceptors (Lipinski definition) is 8. The third-order valence-corrected chi connectivity index (χ3v) is 7.23. The topological polar surface area (TPSA) is 83.1 Å². The van der Waals surface area contributed by atoms with Gasteiger partial charge in [-0.1, -0.05) is 6.07 Å². The summed E-state index contributed by atoms with van der Waals surface area (Å²) in [5.41, 5.74) is 3.19. The molecule has 1 aliphatic heterocycles. The summed E-state index contributed by atoms with van der Waals surface area (Å²) < 4.78 is 21.6. The average molecular weight is 470 g/mol. The number of thiophene rings is 1. The Labute approximate surface area is 197 Å². The maximum atomic E-state index is 13.6. The molecule has 0 saturated heterocycles. The van der Waals surface area contributed by atoms with E-state index < -0.39 is 11.9 Å². The van der Waals surface area contributed by atoms with Gasteiger partial charge in [-0.15, -0.1) is 11.3 Å². The molecule has 174 valence electrons. The molecule has 0 saturated carbocycles. The molecule has 0 spiro atoms. The number of dihydropyridines is 1. The van der Waals surface area contributed by atoms with Gasteiger partial charge in [-0.25, -0.2) is 4.79 Å². The number of nitrogens with one attached hydrogen (secondary N) is 1.